The van der Waals surface area contributed by atoms with E-state index in [-0.39, 0.29) is 5.12 Å². The summed E-state index contributed by atoms with van der Waals surface area (Å²) in [6, 6.07) is 7.91. The number of hydrogen-bond donors (Lipinski definition) is 2. The Balaban J connectivity index is 2.54. The van der Waals surface area contributed by atoms with Crippen LogP contribution < -0.4 is 10.5 Å². The van der Waals surface area contributed by atoms with E-state index in [9.17, 15) is 9.59 Å². The van der Waals surface area contributed by atoms with Gasteiger partial charge in [-0.3, -0.25) is 9.52 Å². The Kier molecular flexibility index (Phi) is 3.33. The standard InChI is InChI=1S/C8H8N2O2S/c9-8(12)10-13-7(11)6-4-2-1-3-5-6/h1-5H,(H3,9,10,12). The Bertz CT molecular complexity index is 313. The minimum atomic E-state index is -0.728. The van der Waals surface area contributed by atoms with Gasteiger partial charge in [-0.25, -0.2) is 4.79 Å². The summed E-state index contributed by atoms with van der Waals surface area (Å²) in [6.07, 6.45) is 0. The molecule has 0 saturated carbocycles. The van der Waals surface area contributed by atoms with E-state index in [1.54, 1.807) is 24.3 Å². The number of nitrogens with two attached hydrogens (primary N) is 1. The van der Waals surface area contributed by atoms with Crippen LogP contribution in [0.3, 0.4) is 0 Å². The third-order valence-corrected chi connectivity index (χ3v) is 1.98. The molecular weight excluding hydrogens is 188 g/mol. The van der Waals surface area contributed by atoms with Gasteiger partial charge in [0.1, 0.15) is 0 Å². The van der Waals surface area contributed by atoms with E-state index in [4.69, 9.17) is 5.73 Å². The zero-order chi connectivity index (χ0) is 9.68. The van der Waals surface area contributed by atoms with Crippen molar-refractivity contribution in [3.63, 3.8) is 0 Å². The highest BCUT2D eigenvalue weighted by Crippen LogP contribution is 2.07. The van der Waals surface area contributed by atoms with Crippen LogP contribution in [-0.2, 0) is 0 Å². The zero-order valence-electron chi connectivity index (χ0n) is 6.69. The van der Waals surface area contributed by atoms with Crippen molar-refractivity contribution in [1.29, 1.82) is 0 Å². The minimum Gasteiger partial charge on any atom is -0.351 e. The summed E-state index contributed by atoms with van der Waals surface area (Å²) in [5, 5.41) is -0.237. The highest BCUT2D eigenvalue weighted by Gasteiger charge is 2.05. The van der Waals surface area contributed by atoms with Gasteiger partial charge in [0.05, 0.1) is 0 Å². The Labute approximate surface area is 79.6 Å². The summed E-state index contributed by atoms with van der Waals surface area (Å²) >= 11 is 0.674. The molecule has 0 saturated heterocycles. The van der Waals surface area contributed by atoms with Crippen molar-refractivity contribution in [3.05, 3.63) is 35.9 Å². The molecule has 0 heterocycles. The van der Waals surface area contributed by atoms with E-state index in [0.29, 0.717) is 17.5 Å². The summed E-state index contributed by atoms with van der Waals surface area (Å²) in [6.45, 7) is 0. The monoisotopic (exact) mass is 196 g/mol. The van der Waals surface area contributed by atoms with Crippen LogP contribution in [0.2, 0.25) is 0 Å². The SMILES string of the molecule is NC(=O)NSC(=O)c1ccccc1. The number of primary amides is 1. The largest absolute Gasteiger partial charge is 0.351 e. The lowest BCUT2D eigenvalue weighted by atomic mass is 10.2. The third kappa shape index (κ3) is 3.16. The van der Waals surface area contributed by atoms with Crippen LogP contribution in [-0.4, -0.2) is 11.1 Å². The minimum absolute atomic E-state index is 0.237. The van der Waals surface area contributed by atoms with Crippen molar-refractivity contribution >= 4 is 23.1 Å². The molecule has 0 spiro atoms. The third-order valence-electron chi connectivity index (χ3n) is 1.25. The van der Waals surface area contributed by atoms with Gasteiger partial charge in [0.15, 0.2) is 0 Å². The lowest BCUT2D eigenvalue weighted by Gasteiger charge is -1.98. The van der Waals surface area contributed by atoms with Crippen LogP contribution in [0.5, 0.6) is 0 Å². The molecule has 0 aliphatic heterocycles. The lowest BCUT2D eigenvalue weighted by Crippen LogP contribution is -2.24. The number of carbonyl (C=O) groups is 2. The predicted octanol–water partition coefficient (Wildman–Crippen LogP) is 1.14. The van der Waals surface area contributed by atoms with E-state index < -0.39 is 6.03 Å². The van der Waals surface area contributed by atoms with Gasteiger partial charge in [0.2, 0.25) is 5.12 Å². The number of benzene rings is 1. The molecular formula is C8H8N2O2S. The maximum Gasteiger partial charge on any atom is 0.322 e. The highest BCUT2D eigenvalue weighted by molar-refractivity contribution is 8.12. The number of nitrogens with one attached hydrogen (secondary N) is 1. The van der Waals surface area contributed by atoms with E-state index in [2.05, 4.69) is 4.72 Å². The van der Waals surface area contributed by atoms with Crippen molar-refractivity contribution in [1.82, 2.24) is 4.72 Å². The number of carbonyl (C=O) groups excluding carboxylic acids is 2. The van der Waals surface area contributed by atoms with E-state index >= 15 is 0 Å². The molecule has 0 aromatic heterocycles. The fraction of sp³-hybridized carbons (Fsp3) is 0. The average Bonchev–Trinajstić information content (AvgIpc) is 2.15. The average molecular weight is 196 g/mol. The molecule has 1 rings (SSSR count). The molecule has 2 amide bonds. The first-order valence-corrected chi connectivity index (χ1v) is 4.33. The van der Waals surface area contributed by atoms with Gasteiger partial charge in [-0.05, 0) is 0 Å². The molecule has 0 aliphatic rings. The number of rotatable bonds is 1. The Morgan fingerprint density at radius 1 is 1.23 bits per heavy atom. The van der Waals surface area contributed by atoms with E-state index in [1.165, 1.54) is 0 Å². The quantitative estimate of drug-likeness (QED) is 0.661. The topological polar surface area (TPSA) is 72.2 Å². The van der Waals surface area contributed by atoms with Gasteiger partial charge in [-0.15, -0.1) is 0 Å². The van der Waals surface area contributed by atoms with Crippen molar-refractivity contribution in [2.75, 3.05) is 0 Å². The fourth-order valence-corrected chi connectivity index (χ4v) is 1.18. The Hall–Kier alpha value is -1.49. The van der Waals surface area contributed by atoms with Crippen LogP contribution in [0, 0.1) is 0 Å². The second kappa shape index (κ2) is 4.51. The van der Waals surface area contributed by atoms with Crippen LogP contribution in [0.4, 0.5) is 4.79 Å². The molecule has 13 heavy (non-hydrogen) atoms. The molecule has 0 atom stereocenters. The molecule has 1 aromatic carbocycles. The zero-order valence-corrected chi connectivity index (χ0v) is 7.51. The van der Waals surface area contributed by atoms with Crippen LogP contribution >= 0.6 is 11.9 Å². The molecule has 0 bridgehead atoms. The first-order valence-electron chi connectivity index (χ1n) is 3.52. The predicted molar refractivity (Wildman–Crippen MR) is 51.1 cm³/mol. The number of amides is 2. The van der Waals surface area contributed by atoms with Gasteiger partial charge < -0.3 is 5.73 Å². The molecule has 1 aromatic rings. The molecule has 4 nitrogen and oxygen atoms in total. The Morgan fingerprint density at radius 3 is 2.38 bits per heavy atom. The summed E-state index contributed by atoms with van der Waals surface area (Å²) in [4.78, 5) is 21.5. The van der Waals surface area contributed by atoms with E-state index in [0.717, 1.165) is 0 Å². The maximum absolute atomic E-state index is 11.2. The summed E-state index contributed by atoms with van der Waals surface area (Å²) < 4.78 is 2.15. The van der Waals surface area contributed by atoms with Crippen LogP contribution in [0.15, 0.2) is 30.3 Å². The van der Waals surface area contributed by atoms with Crippen molar-refractivity contribution in [2.24, 2.45) is 5.73 Å². The Morgan fingerprint density at radius 2 is 1.85 bits per heavy atom. The van der Waals surface area contributed by atoms with Gasteiger partial charge in [0, 0.05) is 17.5 Å². The first kappa shape index (κ1) is 9.60. The van der Waals surface area contributed by atoms with Crippen LogP contribution in [0.1, 0.15) is 10.4 Å². The van der Waals surface area contributed by atoms with Crippen molar-refractivity contribution < 1.29 is 9.59 Å². The van der Waals surface area contributed by atoms with E-state index in [1.807, 2.05) is 6.07 Å². The van der Waals surface area contributed by atoms with Crippen molar-refractivity contribution in [2.45, 2.75) is 0 Å². The highest BCUT2D eigenvalue weighted by atomic mass is 32.2. The maximum atomic E-state index is 11.2. The molecule has 68 valence electrons. The first-order chi connectivity index (χ1) is 6.20. The normalized spacial score (nSPS) is 9.23. The molecule has 5 heteroatoms. The number of urea groups is 1. The fourth-order valence-electron chi connectivity index (χ4n) is 0.730. The van der Waals surface area contributed by atoms with Gasteiger partial charge in [-0.2, -0.15) is 0 Å². The molecule has 0 unspecified atom stereocenters. The molecule has 0 aliphatic carbocycles. The second-order valence-electron chi connectivity index (χ2n) is 2.22. The smallest absolute Gasteiger partial charge is 0.322 e. The molecule has 0 radical (unpaired) electrons. The van der Waals surface area contributed by atoms with Crippen LogP contribution in [0.25, 0.3) is 0 Å². The van der Waals surface area contributed by atoms with Gasteiger partial charge in [0.25, 0.3) is 0 Å². The van der Waals surface area contributed by atoms with Gasteiger partial charge >= 0.3 is 6.03 Å². The van der Waals surface area contributed by atoms with Crippen molar-refractivity contribution in [3.8, 4) is 0 Å². The molecule has 3 N–H and O–H groups in total. The lowest BCUT2D eigenvalue weighted by molar-refractivity contribution is 0.108. The summed E-state index contributed by atoms with van der Waals surface area (Å²) in [5.41, 5.74) is 5.32. The molecule has 0 fully saturated rings. The summed E-state index contributed by atoms with van der Waals surface area (Å²) in [5.74, 6) is 0. The number of hydrogen-bond acceptors (Lipinski definition) is 3. The van der Waals surface area contributed by atoms with Gasteiger partial charge in [-0.1, -0.05) is 30.3 Å². The summed E-state index contributed by atoms with van der Waals surface area (Å²) in [7, 11) is 0. The second-order valence-corrected chi connectivity index (χ2v) is 3.00.